The molecule has 4 aromatic rings. The van der Waals surface area contributed by atoms with Crippen LogP contribution in [0, 0.1) is 20.8 Å². The van der Waals surface area contributed by atoms with Crippen LogP contribution < -0.4 is 10.6 Å². The number of aromatic nitrogens is 3. The summed E-state index contributed by atoms with van der Waals surface area (Å²) in [6.45, 7) is 9.29. The lowest BCUT2D eigenvalue weighted by molar-refractivity contribution is -0.132. The number of amides is 3. The number of piperidine rings is 1. The molecule has 0 aliphatic carbocycles. The van der Waals surface area contributed by atoms with Crippen LogP contribution in [0.15, 0.2) is 58.4 Å². The molecule has 2 aliphatic heterocycles. The summed E-state index contributed by atoms with van der Waals surface area (Å²) in [7, 11) is 0. The molecule has 2 aromatic heterocycles. The highest BCUT2D eigenvalue weighted by atomic mass is 35.5. The van der Waals surface area contributed by atoms with E-state index in [0.717, 1.165) is 51.0 Å². The van der Waals surface area contributed by atoms with E-state index in [4.69, 9.17) is 30.8 Å². The van der Waals surface area contributed by atoms with E-state index < -0.39 is 6.04 Å². The predicted molar refractivity (Wildman–Crippen MR) is 210 cm³/mol. The number of thiophene rings is 1. The van der Waals surface area contributed by atoms with Gasteiger partial charge in [-0.3, -0.25) is 29.3 Å². The van der Waals surface area contributed by atoms with Crippen LogP contribution in [0.4, 0.5) is 0 Å². The van der Waals surface area contributed by atoms with E-state index in [1.807, 2.05) is 47.9 Å². The van der Waals surface area contributed by atoms with Crippen LogP contribution in [0.25, 0.3) is 5.00 Å². The molecule has 0 radical (unpaired) electrons. The number of thioether (sulfide) groups is 1. The Kier molecular flexibility index (Phi) is 14.1. The van der Waals surface area contributed by atoms with Gasteiger partial charge in [-0.15, -0.1) is 33.3 Å². The lowest BCUT2D eigenvalue weighted by Crippen LogP contribution is -2.42. The number of imide groups is 1. The lowest BCUT2D eigenvalue weighted by Gasteiger charge is -2.20. The van der Waals surface area contributed by atoms with Gasteiger partial charge in [-0.1, -0.05) is 35.9 Å². The molecule has 0 bridgehead atoms. The number of aryl methyl sites for hydroxylation is 3. The molecular formula is C39H45ClN6O6S2. The Balaban J connectivity index is 0.853. The van der Waals surface area contributed by atoms with Gasteiger partial charge in [-0.05, 0) is 75.4 Å². The summed E-state index contributed by atoms with van der Waals surface area (Å²) in [5, 5.41) is 15.6. The molecule has 0 saturated carbocycles. The number of aliphatic imine (C=N–C) groups is 1. The van der Waals surface area contributed by atoms with Gasteiger partial charge in [0.2, 0.25) is 17.7 Å². The van der Waals surface area contributed by atoms with Crippen molar-refractivity contribution in [1.82, 2.24) is 25.4 Å². The second kappa shape index (κ2) is 19.1. The first-order valence-electron chi connectivity index (χ1n) is 18.1. The number of hydrogen-bond donors (Lipinski definition) is 2. The predicted octanol–water partition coefficient (Wildman–Crippen LogP) is 5.89. The fraction of sp³-hybridized carbons (Fsp3) is 0.436. The minimum Gasteiger partial charge on any atom is -0.379 e. The standard InChI is InChI=1S/C39H45ClN6O6S2/c1-24-25(2)53-39-35(24)36(28-8-10-29(40)11-9-28)42-31(37-45-44-26(3)46(37)39)23-34(48)41-16-18-51-20-22-52-21-19-50-17-4-5-27-6-12-30(13-7-27)54-32-14-15-33(47)43-38(32)49/h6-13,31-32H,4-5,14-23H2,1-3H3,(H,41,48)(H,43,47,49)/t31-,32?/m0/s1. The first kappa shape index (κ1) is 39.8. The number of fused-ring (bicyclic) bond motifs is 3. The van der Waals surface area contributed by atoms with Gasteiger partial charge in [0, 0.05) is 45.5 Å². The van der Waals surface area contributed by atoms with E-state index in [1.54, 1.807) is 11.3 Å². The van der Waals surface area contributed by atoms with E-state index in [0.29, 0.717) is 69.9 Å². The average molecular weight is 793 g/mol. The first-order chi connectivity index (χ1) is 26.2. The Bertz CT molecular complexity index is 1960. The molecule has 6 rings (SSSR count). The van der Waals surface area contributed by atoms with Crippen molar-refractivity contribution in [3.05, 3.63) is 92.3 Å². The van der Waals surface area contributed by atoms with Crippen LogP contribution in [-0.4, -0.2) is 89.6 Å². The van der Waals surface area contributed by atoms with Crippen molar-refractivity contribution < 1.29 is 28.6 Å². The normalized spacial score (nSPS) is 16.7. The number of nitrogens with one attached hydrogen (secondary N) is 2. The molecule has 2 atom stereocenters. The van der Waals surface area contributed by atoms with Crippen molar-refractivity contribution in [2.24, 2.45) is 4.99 Å². The Hall–Kier alpha value is -3.92. The zero-order chi connectivity index (χ0) is 38.0. The summed E-state index contributed by atoms with van der Waals surface area (Å²) >= 11 is 9.38. The molecule has 1 saturated heterocycles. The number of carbonyl (C=O) groups excluding carboxylic acids is 3. The molecule has 3 amide bonds. The van der Waals surface area contributed by atoms with Gasteiger partial charge in [-0.2, -0.15) is 0 Å². The lowest BCUT2D eigenvalue weighted by atomic mass is 9.99. The van der Waals surface area contributed by atoms with Crippen LogP contribution in [-0.2, 0) is 35.0 Å². The molecule has 0 spiro atoms. The molecule has 1 fully saturated rings. The summed E-state index contributed by atoms with van der Waals surface area (Å²) in [6, 6.07) is 15.3. The van der Waals surface area contributed by atoms with Gasteiger partial charge in [0.05, 0.1) is 50.4 Å². The summed E-state index contributed by atoms with van der Waals surface area (Å²) in [4.78, 5) is 43.9. The van der Waals surface area contributed by atoms with E-state index in [-0.39, 0.29) is 29.4 Å². The Morgan fingerprint density at radius 1 is 0.963 bits per heavy atom. The van der Waals surface area contributed by atoms with Gasteiger partial charge in [0.1, 0.15) is 16.9 Å². The fourth-order valence-electron chi connectivity index (χ4n) is 6.25. The van der Waals surface area contributed by atoms with Gasteiger partial charge in [0.15, 0.2) is 5.82 Å². The monoisotopic (exact) mass is 792 g/mol. The van der Waals surface area contributed by atoms with Gasteiger partial charge < -0.3 is 19.5 Å². The van der Waals surface area contributed by atoms with Crippen LogP contribution >= 0.6 is 34.7 Å². The van der Waals surface area contributed by atoms with Crippen LogP contribution in [0.5, 0.6) is 0 Å². The molecule has 286 valence electrons. The third-order valence-corrected chi connectivity index (χ3v) is 11.9. The molecular weight excluding hydrogens is 748 g/mol. The smallest absolute Gasteiger partial charge is 0.240 e. The Morgan fingerprint density at radius 2 is 1.67 bits per heavy atom. The van der Waals surface area contributed by atoms with Gasteiger partial charge in [0.25, 0.3) is 0 Å². The highest BCUT2D eigenvalue weighted by molar-refractivity contribution is 8.00. The summed E-state index contributed by atoms with van der Waals surface area (Å²) in [6.07, 6.45) is 2.85. The van der Waals surface area contributed by atoms with Crippen molar-refractivity contribution >= 4 is 58.1 Å². The number of hydrogen-bond acceptors (Lipinski definition) is 11. The quantitative estimate of drug-likeness (QED) is 0.0932. The van der Waals surface area contributed by atoms with Gasteiger partial charge >= 0.3 is 0 Å². The molecule has 2 aromatic carbocycles. The molecule has 54 heavy (non-hydrogen) atoms. The van der Waals surface area contributed by atoms with Crippen molar-refractivity contribution in [1.29, 1.82) is 0 Å². The summed E-state index contributed by atoms with van der Waals surface area (Å²) < 4.78 is 19.0. The molecule has 15 heteroatoms. The van der Waals surface area contributed by atoms with Crippen LogP contribution in [0.1, 0.15) is 70.5 Å². The van der Waals surface area contributed by atoms with E-state index in [2.05, 4.69) is 46.8 Å². The molecule has 1 unspecified atom stereocenters. The number of rotatable bonds is 18. The number of halogens is 1. The van der Waals surface area contributed by atoms with Crippen molar-refractivity contribution in [2.45, 2.75) is 69.1 Å². The third kappa shape index (κ3) is 10.2. The maximum atomic E-state index is 13.2. The van der Waals surface area contributed by atoms with Crippen molar-refractivity contribution in [3.8, 4) is 5.00 Å². The summed E-state index contributed by atoms with van der Waals surface area (Å²) in [5.41, 5.74) is 5.11. The average Bonchev–Trinajstić information content (AvgIpc) is 3.63. The Labute approximate surface area is 328 Å². The number of nitrogens with zero attached hydrogens (tertiary/aromatic N) is 4. The van der Waals surface area contributed by atoms with Crippen molar-refractivity contribution in [2.75, 3.05) is 46.2 Å². The second-order valence-electron chi connectivity index (χ2n) is 13.1. The largest absolute Gasteiger partial charge is 0.379 e. The van der Waals surface area contributed by atoms with E-state index >= 15 is 0 Å². The SMILES string of the molecule is Cc1sc2c(c1C)C(c1ccc(Cl)cc1)=N[C@@H](CC(=O)NCCOCCOCCOCCCc1ccc(SC3CCC(=O)NC3=O)cc1)c1nnc(C)n1-2. The van der Waals surface area contributed by atoms with Gasteiger partial charge in [-0.25, -0.2) is 0 Å². The number of ether oxygens (including phenoxy) is 3. The maximum absolute atomic E-state index is 13.2. The molecule has 12 nitrogen and oxygen atoms in total. The summed E-state index contributed by atoms with van der Waals surface area (Å²) in [5.74, 6) is 0.836. The minimum atomic E-state index is -0.531. The third-order valence-electron chi connectivity index (χ3n) is 9.19. The second-order valence-corrected chi connectivity index (χ2v) is 16.0. The minimum absolute atomic E-state index is 0.114. The molecule has 2 N–H and O–H groups in total. The Morgan fingerprint density at radius 3 is 2.39 bits per heavy atom. The first-order valence-corrected chi connectivity index (χ1v) is 20.2. The van der Waals surface area contributed by atoms with Crippen LogP contribution in [0.3, 0.4) is 0 Å². The maximum Gasteiger partial charge on any atom is 0.240 e. The van der Waals surface area contributed by atoms with E-state index in [9.17, 15) is 14.4 Å². The number of carbonyl (C=O) groups is 3. The topological polar surface area (TPSA) is 146 Å². The van der Waals surface area contributed by atoms with Crippen molar-refractivity contribution in [3.63, 3.8) is 0 Å². The van der Waals surface area contributed by atoms with E-state index in [1.165, 1.54) is 22.2 Å². The fourth-order valence-corrected chi connectivity index (χ4v) is 8.61. The number of benzene rings is 2. The molecule has 4 heterocycles. The highest BCUT2D eigenvalue weighted by Crippen LogP contribution is 2.39. The zero-order valence-electron chi connectivity index (χ0n) is 30.7. The highest BCUT2D eigenvalue weighted by Gasteiger charge is 2.32. The van der Waals surface area contributed by atoms with Crippen LogP contribution in [0.2, 0.25) is 5.02 Å². The zero-order valence-corrected chi connectivity index (χ0v) is 33.1. The molecule has 2 aliphatic rings.